The third-order valence-electron chi connectivity index (χ3n) is 1.50. The van der Waals surface area contributed by atoms with Gasteiger partial charge in [-0.2, -0.15) is 5.26 Å². The molecule has 0 aromatic carbocycles. The molecule has 4 heteroatoms. The van der Waals surface area contributed by atoms with Gasteiger partial charge in [-0.15, -0.1) is 0 Å². The number of allylic oxidation sites excluding steroid dienone is 4. The number of nitriles is 1. The van der Waals surface area contributed by atoms with Crippen molar-refractivity contribution in [3.05, 3.63) is 35.6 Å². The lowest BCUT2D eigenvalue weighted by Crippen LogP contribution is -1.99. The van der Waals surface area contributed by atoms with Gasteiger partial charge in [-0.05, 0) is 30.8 Å². The Bertz CT molecular complexity index is 333. The number of rotatable bonds is 4. The van der Waals surface area contributed by atoms with Gasteiger partial charge in [0.2, 0.25) is 0 Å². The molecule has 0 heterocycles. The summed E-state index contributed by atoms with van der Waals surface area (Å²) in [7, 11) is 0. The van der Waals surface area contributed by atoms with Crippen molar-refractivity contribution in [3.63, 3.8) is 0 Å². The number of carbonyl (C=O) groups is 1. The van der Waals surface area contributed by atoms with Crippen LogP contribution in [0.25, 0.3) is 0 Å². The normalized spacial score (nSPS) is 12.9. The van der Waals surface area contributed by atoms with Crippen LogP contribution < -0.4 is 5.73 Å². The summed E-state index contributed by atoms with van der Waals surface area (Å²) in [6.07, 6.45) is 5.92. The van der Waals surface area contributed by atoms with Crippen LogP contribution >= 0.6 is 0 Å². The van der Waals surface area contributed by atoms with E-state index in [2.05, 4.69) is 0 Å². The Morgan fingerprint density at radius 1 is 1.64 bits per heavy atom. The third-order valence-corrected chi connectivity index (χ3v) is 1.50. The quantitative estimate of drug-likeness (QED) is 0.399. The molecule has 3 N–H and O–H groups in total. The molecular weight excluding hydrogens is 180 g/mol. The highest BCUT2D eigenvalue weighted by molar-refractivity contribution is 5.87. The van der Waals surface area contributed by atoms with Crippen molar-refractivity contribution < 1.29 is 9.90 Å². The molecule has 0 saturated carbocycles. The van der Waals surface area contributed by atoms with Crippen molar-refractivity contribution in [1.29, 1.82) is 5.26 Å². The Morgan fingerprint density at radius 3 is 2.64 bits per heavy atom. The molecule has 0 aliphatic heterocycles. The number of hydrogen-bond donors (Lipinski definition) is 2. The van der Waals surface area contributed by atoms with Gasteiger partial charge in [0.15, 0.2) is 0 Å². The molecule has 0 aromatic rings. The molecule has 0 radical (unpaired) electrons. The minimum absolute atomic E-state index is 0.197. The zero-order chi connectivity index (χ0) is 11.0. The highest BCUT2D eigenvalue weighted by Crippen LogP contribution is 2.06. The Morgan fingerprint density at radius 2 is 2.29 bits per heavy atom. The number of carboxylic acid groups (broad SMARTS) is 1. The van der Waals surface area contributed by atoms with Gasteiger partial charge in [0.25, 0.3) is 0 Å². The summed E-state index contributed by atoms with van der Waals surface area (Å²) >= 11 is 0. The van der Waals surface area contributed by atoms with Crippen LogP contribution in [0, 0.1) is 11.3 Å². The zero-order valence-electron chi connectivity index (χ0n) is 7.90. The van der Waals surface area contributed by atoms with E-state index < -0.39 is 5.97 Å². The van der Waals surface area contributed by atoms with Gasteiger partial charge >= 0.3 is 5.97 Å². The highest BCUT2D eigenvalue weighted by atomic mass is 16.4. The monoisotopic (exact) mass is 192 g/mol. The van der Waals surface area contributed by atoms with E-state index in [1.54, 1.807) is 6.92 Å². The summed E-state index contributed by atoms with van der Waals surface area (Å²) in [6, 6.07) is 1.87. The largest absolute Gasteiger partial charge is 0.478 e. The van der Waals surface area contributed by atoms with E-state index in [4.69, 9.17) is 16.1 Å². The second-order valence-corrected chi connectivity index (χ2v) is 2.45. The van der Waals surface area contributed by atoms with Crippen molar-refractivity contribution in [1.82, 2.24) is 0 Å². The summed E-state index contributed by atoms with van der Waals surface area (Å²) in [5, 5.41) is 17.3. The van der Waals surface area contributed by atoms with Gasteiger partial charge in [0.1, 0.15) is 0 Å². The molecule has 0 aromatic heterocycles. The predicted molar refractivity (Wildman–Crippen MR) is 53.0 cm³/mol. The van der Waals surface area contributed by atoms with Crippen LogP contribution in [-0.2, 0) is 4.79 Å². The fraction of sp³-hybridized carbons (Fsp3) is 0.200. The molecule has 0 aliphatic rings. The highest BCUT2D eigenvalue weighted by Gasteiger charge is 2.04. The van der Waals surface area contributed by atoms with Crippen molar-refractivity contribution in [2.75, 3.05) is 0 Å². The van der Waals surface area contributed by atoms with Gasteiger partial charge in [0, 0.05) is 5.57 Å². The van der Waals surface area contributed by atoms with Gasteiger partial charge < -0.3 is 10.8 Å². The van der Waals surface area contributed by atoms with Gasteiger partial charge in [-0.1, -0.05) is 6.92 Å². The Hall–Kier alpha value is -2.02. The molecule has 4 nitrogen and oxygen atoms in total. The van der Waals surface area contributed by atoms with E-state index in [0.29, 0.717) is 6.42 Å². The van der Waals surface area contributed by atoms with Crippen LogP contribution in [0.2, 0.25) is 0 Å². The first-order valence-electron chi connectivity index (χ1n) is 4.08. The summed E-state index contributed by atoms with van der Waals surface area (Å²) < 4.78 is 0. The molecule has 0 aliphatic carbocycles. The standard InChI is InChI=1S/C10H12N2O2/c1-2-9(10(13)14)6-8(7-12)4-3-5-11/h3-6H,2,11H2,1H3,(H,13,14)/b5-3+,8-4+,9-6+. The molecule has 0 rings (SSSR count). The van der Waals surface area contributed by atoms with Gasteiger partial charge in [-0.25, -0.2) is 4.79 Å². The second kappa shape index (κ2) is 6.49. The van der Waals surface area contributed by atoms with Crippen LogP contribution in [-0.4, -0.2) is 11.1 Å². The molecule has 0 amide bonds. The minimum atomic E-state index is -1.01. The van der Waals surface area contributed by atoms with E-state index in [-0.39, 0.29) is 11.1 Å². The first-order valence-corrected chi connectivity index (χ1v) is 4.08. The average Bonchev–Trinajstić information content (AvgIpc) is 2.18. The minimum Gasteiger partial charge on any atom is -0.478 e. The first kappa shape index (κ1) is 12.0. The number of nitrogens with two attached hydrogens (primary N) is 1. The van der Waals surface area contributed by atoms with E-state index in [0.717, 1.165) is 0 Å². The fourth-order valence-electron chi connectivity index (χ4n) is 0.780. The van der Waals surface area contributed by atoms with Crippen LogP contribution in [0.3, 0.4) is 0 Å². The van der Waals surface area contributed by atoms with Crippen molar-refractivity contribution in [2.24, 2.45) is 5.73 Å². The molecule has 74 valence electrons. The molecule has 0 saturated heterocycles. The van der Waals surface area contributed by atoms with E-state index >= 15 is 0 Å². The Kier molecular flexibility index (Phi) is 5.55. The fourth-order valence-corrected chi connectivity index (χ4v) is 0.780. The Balaban J connectivity index is 4.91. The predicted octanol–water partition coefficient (Wildman–Crippen LogP) is 1.33. The lowest BCUT2D eigenvalue weighted by atomic mass is 10.1. The molecule has 0 unspecified atom stereocenters. The average molecular weight is 192 g/mol. The van der Waals surface area contributed by atoms with Crippen LogP contribution in [0.15, 0.2) is 35.6 Å². The molecule has 0 fully saturated rings. The summed E-state index contributed by atoms with van der Waals surface area (Å²) in [4.78, 5) is 10.6. The smallest absolute Gasteiger partial charge is 0.331 e. The molecule has 0 atom stereocenters. The first-order chi connectivity index (χ1) is 6.65. The summed E-state index contributed by atoms with van der Waals surface area (Å²) in [5.41, 5.74) is 5.55. The van der Waals surface area contributed by atoms with Crippen molar-refractivity contribution in [2.45, 2.75) is 13.3 Å². The SMILES string of the molecule is CC\C(=C/C(C#N)=C\C=C\N)C(=O)O. The van der Waals surface area contributed by atoms with Gasteiger partial charge in [0.05, 0.1) is 11.6 Å². The molecule has 14 heavy (non-hydrogen) atoms. The van der Waals surface area contributed by atoms with E-state index in [1.807, 2.05) is 6.07 Å². The maximum atomic E-state index is 10.6. The lowest BCUT2D eigenvalue weighted by Gasteiger charge is -1.95. The summed E-state index contributed by atoms with van der Waals surface area (Å²) in [5.74, 6) is -1.01. The van der Waals surface area contributed by atoms with E-state index in [1.165, 1.54) is 24.4 Å². The Labute approximate surface area is 82.6 Å². The van der Waals surface area contributed by atoms with Crippen LogP contribution in [0.1, 0.15) is 13.3 Å². The van der Waals surface area contributed by atoms with Crippen LogP contribution in [0.4, 0.5) is 0 Å². The number of carboxylic acids is 1. The van der Waals surface area contributed by atoms with Crippen molar-refractivity contribution >= 4 is 5.97 Å². The zero-order valence-corrected chi connectivity index (χ0v) is 7.90. The maximum Gasteiger partial charge on any atom is 0.331 e. The van der Waals surface area contributed by atoms with Crippen molar-refractivity contribution in [3.8, 4) is 6.07 Å². The molecular formula is C10H12N2O2. The number of nitrogens with zero attached hydrogens (tertiary/aromatic N) is 1. The number of aliphatic carboxylic acids is 1. The topological polar surface area (TPSA) is 87.1 Å². The molecule has 0 spiro atoms. The number of hydrogen-bond acceptors (Lipinski definition) is 3. The van der Waals surface area contributed by atoms with Crippen LogP contribution in [0.5, 0.6) is 0 Å². The second-order valence-electron chi connectivity index (χ2n) is 2.45. The van der Waals surface area contributed by atoms with Gasteiger partial charge in [-0.3, -0.25) is 0 Å². The third kappa shape index (κ3) is 4.12. The summed E-state index contributed by atoms with van der Waals surface area (Å²) in [6.45, 7) is 1.72. The maximum absolute atomic E-state index is 10.6. The van der Waals surface area contributed by atoms with E-state index in [9.17, 15) is 4.79 Å². The lowest BCUT2D eigenvalue weighted by molar-refractivity contribution is -0.132. The molecule has 0 bridgehead atoms.